The highest BCUT2D eigenvalue weighted by molar-refractivity contribution is 9.10. The number of benzene rings is 2. The molecule has 0 bridgehead atoms. The summed E-state index contributed by atoms with van der Waals surface area (Å²) in [6.07, 6.45) is 1.86. The quantitative estimate of drug-likeness (QED) is 0.259. The zero-order valence-electron chi connectivity index (χ0n) is 17.6. The van der Waals surface area contributed by atoms with Crippen LogP contribution in [-0.4, -0.2) is 15.7 Å². The van der Waals surface area contributed by atoms with Gasteiger partial charge < -0.3 is 10.1 Å². The van der Waals surface area contributed by atoms with Crippen molar-refractivity contribution in [3.63, 3.8) is 0 Å². The molecule has 164 valence electrons. The lowest BCUT2D eigenvalue weighted by atomic mass is 10.1. The van der Waals surface area contributed by atoms with Crippen molar-refractivity contribution >= 4 is 54.9 Å². The number of carbonyl (C=O) groups excluding carboxylic acids is 1. The summed E-state index contributed by atoms with van der Waals surface area (Å²) in [6, 6.07) is 16.1. The summed E-state index contributed by atoms with van der Waals surface area (Å²) in [6.45, 7) is 5.09. The summed E-state index contributed by atoms with van der Waals surface area (Å²) < 4.78 is 9.51. The number of thiophene rings is 1. The van der Waals surface area contributed by atoms with E-state index < -0.39 is 0 Å². The monoisotopic (exact) mass is 573 g/mol. The Kier molecular flexibility index (Phi) is 7.13. The predicted molar refractivity (Wildman–Crippen MR) is 136 cm³/mol. The van der Waals surface area contributed by atoms with E-state index in [1.54, 1.807) is 4.68 Å². The second-order valence-electron chi connectivity index (χ2n) is 7.48. The van der Waals surface area contributed by atoms with E-state index in [4.69, 9.17) is 4.74 Å². The van der Waals surface area contributed by atoms with Gasteiger partial charge in [-0.05, 0) is 76.1 Å². The number of carbonyl (C=O) groups is 1. The van der Waals surface area contributed by atoms with Crippen molar-refractivity contribution in [1.29, 1.82) is 0 Å². The molecular weight excluding hydrogens is 554 g/mol. The summed E-state index contributed by atoms with van der Waals surface area (Å²) in [5.74, 6) is 1.17. The van der Waals surface area contributed by atoms with Crippen LogP contribution in [0.5, 0.6) is 5.75 Å². The van der Waals surface area contributed by atoms with Crippen LogP contribution in [-0.2, 0) is 13.2 Å². The first-order valence-corrected chi connectivity index (χ1v) is 12.4. The smallest absolute Gasteiger partial charge is 0.266 e. The maximum absolute atomic E-state index is 12.7. The normalized spacial score (nSPS) is 10.9. The molecule has 0 unspecified atom stereocenters. The van der Waals surface area contributed by atoms with Gasteiger partial charge in [0.05, 0.1) is 15.9 Å². The third kappa shape index (κ3) is 5.68. The van der Waals surface area contributed by atoms with Gasteiger partial charge in [-0.15, -0.1) is 11.3 Å². The molecule has 4 aromatic rings. The van der Waals surface area contributed by atoms with Crippen LogP contribution < -0.4 is 10.1 Å². The van der Waals surface area contributed by atoms with Crippen molar-refractivity contribution in [3.05, 3.63) is 96.2 Å². The minimum absolute atomic E-state index is 0.192. The first kappa shape index (κ1) is 22.8. The average molecular weight is 575 g/mol. The van der Waals surface area contributed by atoms with Gasteiger partial charge in [0, 0.05) is 16.2 Å². The number of ether oxygens (including phenoxy) is 1. The predicted octanol–water partition coefficient (Wildman–Crippen LogP) is 6.97. The molecule has 0 fully saturated rings. The minimum atomic E-state index is -0.192. The molecule has 0 aliphatic rings. The summed E-state index contributed by atoms with van der Waals surface area (Å²) in [4.78, 5) is 13.4. The molecule has 0 aliphatic heterocycles. The van der Waals surface area contributed by atoms with Gasteiger partial charge in [0.25, 0.3) is 5.91 Å². The van der Waals surface area contributed by atoms with Crippen LogP contribution in [0.25, 0.3) is 0 Å². The zero-order valence-corrected chi connectivity index (χ0v) is 21.6. The number of halogens is 2. The van der Waals surface area contributed by atoms with E-state index in [1.165, 1.54) is 11.3 Å². The molecule has 2 aromatic carbocycles. The third-order valence-corrected chi connectivity index (χ3v) is 6.91. The zero-order chi connectivity index (χ0) is 22.7. The SMILES string of the molecule is Cc1ccc(C)c(OCc2csc(C(=O)Nc3nn(Cc4ccc(Br)cc4)cc3Br)c2)c1. The van der Waals surface area contributed by atoms with Crippen molar-refractivity contribution in [1.82, 2.24) is 9.78 Å². The highest BCUT2D eigenvalue weighted by Gasteiger charge is 2.15. The number of hydrogen-bond acceptors (Lipinski definition) is 4. The number of aryl methyl sites for hydroxylation is 2. The molecule has 0 radical (unpaired) electrons. The number of nitrogens with zero attached hydrogens (tertiary/aromatic N) is 2. The summed E-state index contributed by atoms with van der Waals surface area (Å²) in [5, 5.41) is 9.34. The van der Waals surface area contributed by atoms with Crippen LogP contribution in [0, 0.1) is 13.8 Å². The van der Waals surface area contributed by atoms with E-state index in [1.807, 2.05) is 67.9 Å². The molecule has 0 atom stereocenters. The fraction of sp³-hybridized carbons (Fsp3) is 0.167. The van der Waals surface area contributed by atoms with Crippen molar-refractivity contribution < 1.29 is 9.53 Å². The van der Waals surface area contributed by atoms with Crippen LogP contribution in [0.4, 0.5) is 5.82 Å². The van der Waals surface area contributed by atoms with Gasteiger partial charge in [-0.3, -0.25) is 9.48 Å². The van der Waals surface area contributed by atoms with E-state index in [9.17, 15) is 4.79 Å². The molecule has 0 saturated heterocycles. The van der Waals surface area contributed by atoms with Crippen molar-refractivity contribution in [3.8, 4) is 5.75 Å². The second-order valence-corrected chi connectivity index (χ2v) is 10.2. The molecular formula is C24H21Br2N3O2S. The largest absolute Gasteiger partial charge is 0.489 e. The number of rotatable bonds is 7. The van der Waals surface area contributed by atoms with E-state index in [-0.39, 0.29) is 5.91 Å². The Hall–Kier alpha value is -2.42. The molecule has 1 amide bonds. The summed E-state index contributed by atoms with van der Waals surface area (Å²) in [5.41, 5.74) is 4.32. The molecule has 0 saturated carbocycles. The molecule has 1 N–H and O–H groups in total. The van der Waals surface area contributed by atoms with Gasteiger partial charge in [0.15, 0.2) is 5.82 Å². The van der Waals surface area contributed by atoms with E-state index in [0.717, 1.165) is 36.9 Å². The number of nitrogens with one attached hydrogen (secondary N) is 1. The molecule has 2 heterocycles. The minimum Gasteiger partial charge on any atom is -0.489 e. The lowest BCUT2D eigenvalue weighted by molar-refractivity contribution is 0.103. The highest BCUT2D eigenvalue weighted by atomic mass is 79.9. The van der Waals surface area contributed by atoms with Crippen molar-refractivity contribution in [2.75, 3.05) is 5.32 Å². The Bertz CT molecular complexity index is 1250. The van der Waals surface area contributed by atoms with Crippen LogP contribution in [0.2, 0.25) is 0 Å². The average Bonchev–Trinajstić information content (AvgIpc) is 3.37. The molecule has 2 aromatic heterocycles. The van der Waals surface area contributed by atoms with Crippen molar-refractivity contribution in [2.24, 2.45) is 0 Å². The summed E-state index contributed by atoms with van der Waals surface area (Å²) >= 11 is 8.32. The molecule has 32 heavy (non-hydrogen) atoms. The highest BCUT2D eigenvalue weighted by Crippen LogP contribution is 2.25. The van der Waals surface area contributed by atoms with E-state index in [2.05, 4.69) is 48.3 Å². The number of aromatic nitrogens is 2. The van der Waals surface area contributed by atoms with Crippen LogP contribution in [0.3, 0.4) is 0 Å². The maximum atomic E-state index is 12.7. The molecule has 8 heteroatoms. The Balaban J connectivity index is 1.38. The molecule has 0 aliphatic carbocycles. The van der Waals surface area contributed by atoms with Gasteiger partial charge in [-0.2, -0.15) is 5.10 Å². The van der Waals surface area contributed by atoms with E-state index >= 15 is 0 Å². The first-order valence-electron chi connectivity index (χ1n) is 9.93. The standard InChI is InChI=1S/C24H21Br2N3O2S/c1-15-3-4-16(2)21(9-15)31-13-18-10-22(32-14-18)24(30)27-23-20(26)12-29(28-23)11-17-5-7-19(25)8-6-17/h3-10,12,14H,11,13H2,1-2H3,(H,27,28,30). The first-order chi connectivity index (χ1) is 15.4. The Morgan fingerprint density at radius 2 is 1.88 bits per heavy atom. The Morgan fingerprint density at radius 3 is 2.66 bits per heavy atom. The number of hydrogen-bond donors (Lipinski definition) is 1. The topological polar surface area (TPSA) is 56.1 Å². The fourth-order valence-electron chi connectivity index (χ4n) is 3.10. The molecule has 5 nitrogen and oxygen atoms in total. The van der Waals surface area contributed by atoms with Crippen LogP contribution in [0.15, 0.2) is 69.1 Å². The van der Waals surface area contributed by atoms with Gasteiger partial charge in [-0.25, -0.2) is 0 Å². The third-order valence-electron chi connectivity index (χ3n) is 4.82. The Labute approximate surface area is 207 Å². The Morgan fingerprint density at radius 1 is 1.09 bits per heavy atom. The lowest BCUT2D eigenvalue weighted by Gasteiger charge is -2.08. The maximum Gasteiger partial charge on any atom is 0.266 e. The van der Waals surface area contributed by atoms with E-state index in [0.29, 0.717) is 23.8 Å². The number of anilines is 1. The molecule has 4 rings (SSSR count). The second kappa shape index (κ2) is 10.0. The van der Waals surface area contributed by atoms with Gasteiger partial charge in [0.1, 0.15) is 12.4 Å². The van der Waals surface area contributed by atoms with Crippen molar-refractivity contribution in [2.45, 2.75) is 27.0 Å². The fourth-order valence-corrected chi connectivity index (χ4v) is 4.57. The molecule has 0 spiro atoms. The summed E-state index contributed by atoms with van der Waals surface area (Å²) in [7, 11) is 0. The van der Waals surface area contributed by atoms with Gasteiger partial charge in [0.2, 0.25) is 0 Å². The van der Waals surface area contributed by atoms with Crippen LogP contribution >= 0.6 is 43.2 Å². The van der Waals surface area contributed by atoms with Gasteiger partial charge >= 0.3 is 0 Å². The van der Waals surface area contributed by atoms with Gasteiger partial charge in [-0.1, -0.05) is 40.2 Å². The number of amides is 1. The van der Waals surface area contributed by atoms with Crippen LogP contribution in [0.1, 0.15) is 31.9 Å². The lowest BCUT2D eigenvalue weighted by Crippen LogP contribution is -2.11.